The van der Waals surface area contributed by atoms with Crippen molar-refractivity contribution in [1.29, 1.82) is 0 Å². The standard InChI is InChI=1S/C7H10N2O7/c1-2-14-5-15-4-7(8(10)11,9(12)13)6-3-16-6/h2,6H,1,3-5H2. The van der Waals surface area contributed by atoms with Crippen LogP contribution in [0.15, 0.2) is 12.8 Å². The topological polar surface area (TPSA) is 117 Å². The lowest BCUT2D eigenvalue weighted by atomic mass is 10.1. The SMILES string of the molecule is C=COCOCC(C1CO1)([N+](=O)[O-])[N+](=O)[O-]. The number of rotatable bonds is 8. The fourth-order valence-corrected chi connectivity index (χ4v) is 1.10. The molecule has 1 fully saturated rings. The number of nitro groups is 2. The van der Waals surface area contributed by atoms with Crippen molar-refractivity contribution in [2.75, 3.05) is 20.0 Å². The lowest BCUT2D eigenvalue weighted by Gasteiger charge is -2.14. The van der Waals surface area contributed by atoms with Gasteiger partial charge in [-0.05, 0) is 0 Å². The smallest absolute Gasteiger partial charge is 0.476 e. The van der Waals surface area contributed by atoms with Crippen LogP contribution in [0.3, 0.4) is 0 Å². The van der Waals surface area contributed by atoms with Crippen molar-refractivity contribution in [2.45, 2.75) is 11.8 Å². The third-order valence-electron chi connectivity index (χ3n) is 2.07. The zero-order valence-electron chi connectivity index (χ0n) is 8.24. The summed E-state index contributed by atoms with van der Waals surface area (Å²) >= 11 is 0. The Kier molecular flexibility index (Phi) is 3.74. The van der Waals surface area contributed by atoms with Gasteiger partial charge in [0.05, 0.1) is 12.9 Å². The normalized spacial score (nSPS) is 18.9. The molecule has 0 aromatic rings. The molecular weight excluding hydrogens is 224 g/mol. The van der Waals surface area contributed by atoms with Crippen LogP contribution in [0, 0.1) is 20.2 Å². The summed E-state index contributed by atoms with van der Waals surface area (Å²) in [5.74, 6) is 0. The highest BCUT2D eigenvalue weighted by molar-refractivity contribution is 4.86. The quantitative estimate of drug-likeness (QED) is 0.142. The number of hydrogen-bond acceptors (Lipinski definition) is 7. The van der Waals surface area contributed by atoms with E-state index < -0.39 is 28.2 Å². The van der Waals surface area contributed by atoms with Crippen LogP contribution in [0.25, 0.3) is 0 Å². The molecule has 0 spiro atoms. The third kappa shape index (κ3) is 2.25. The van der Waals surface area contributed by atoms with E-state index in [0.29, 0.717) is 0 Å². The van der Waals surface area contributed by atoms with Crippen molar-refractivity contribution < 1.29 is 24.1 Å². The van der Waals surface area contributed by atoms with Crippen molar-refractivity contribution in [1.82, 2.24) is 0 Å². The summed E-state index contributed by atoms with van der Waals surface area (Å²) in [4.78, 5) is 19.5. The molecular formula is C7H10N2O7. The van der Waals surface area contributed by atoms with E-state index in [9.17, 15) is 20.2 Å². The first kappa shape index (κ1) is 12.3. The van der Waals surface area contributed by atoms with Gasteiger partial charge >= 0.3 is 5.66 Å². The average molecular weight is 234 g/mol. The van der Waals surface area contributed by atoms with Gasteiger partial charge in [0.15, 0.2) is 13.4 Å². The molecule has 0 radical (unpaired) electrons. The number of nitrogens with zero attached hydrogens (tertiary/aromatic N) is 2. The molecule has 9 nitrogen and oxygen atoms in total. The summed E-state index contributed by atoms with van der Waals surface area (Å²) in [6.07, 6.45) is 0.00870. The summed E-state index contributed by atoms with van der Waals surface area (Å²) in [6.45, 7) is 2.15. The molecule has 1 rings (SSSR count). The minimum absolute atomic E-state index is 0.0202. The van der Waals surface area contributed by atoms with E-state index in [0.717, 1.165) is 6.26 Å². The maximum Gasteiger partial charge on any atom is 0.508 e. The number of epoxide rings is 1. The lowest BCUT2D eigenvalue weighted by molar-refractivity contribution is -0.801. The van der Waals surface area contributed by atoms with Crippen LogP contribution in [-0.4, -0.2) is 41.6 Å². The fourth-order valence-electron chi connectivity index (χ4n) is 1.10. The highest BCUT2D eigenvalue weighted by atomic mass is 16.7. The van der Waals surface area contributed by atoms with Gasteiger partial charge in [0.25, 0.3) is 0 Å². The van der Waals surface area contributed by atoms with E-state index in [2.05, 4.69) is 16.1 Å². The molecule has 0 aliphatic carbocycles. The first-order valence-electron chi connectivity index (χ1n) is 4.26. The van der Waals surface area contributed by atoms with Gasteiger partial charge < -0.3 is 14.2 Å². The first-order valence-corrected chi connectivity index (χ1v) is 4.26. The molecule has 0 amide bonds. The minimum Gasteiger partial charge on any atom is -0.476 e. The highest BCUT2D eigenvalue weighted by Crippen LogP contribution is 2.28. The molecule has 0 aromatic heterocycles. The van der Waals surface area contributed by atoms with E-state index in [4.69, 9.17) is 4.74 Å². The van der Waals surface area contributed by atoms with E-state index in [1.165, 1.54) is 0 Å². The second-order valence-electron chi connectivity index (χ2n) is 3.01. The van der Waals surface area contributed by atoms with Crippen LogP contribution in [0.5, 0.6) is 0 Å². The summed E-state index contributed by atoms with van der Waals surface area (Å²) in [6, 6.07) is 0. The van der Waals surface area contributed by atoms with E-state index in [-0.39, 0.29) is 13.4 Å². The molecule has 0 saturated carbocycles. The van der Waals surface area contributed by atoms with Gasteiger partial charge in [-0.3, -0.25) is 20.2 Å². The molecule has 0 aromatic carbocycles. The van der Waals surface area contributed by atoms with Gasteiger partial charge in [0, 0.05) is 0 Å². The molecule has 0 bridgehead atoms. The summed E-state index contributed by atoms with van der Waals surface area (Å²) in [7, 11) is 0. The van der Waals surface area contributed by atoms with Crippen molar-refractivity contribution in [2.24, 2.45) is 0 Å². The largest absolute Gasteiger partial charge is 0.508 e. The highest BCUT2D eigenvalue weighted by Gasteiger charge is 2.69. The van der Waals surface area contributed by atoms with Crippen LogP contribution in [0.2, 0.25) is 0 Å². The Bertz CT molecular complexity index is 287. The fraction of sp³-hybridized carbons (Fsp3) is 0.714. The van der Waals surface area contributed by atoms with Crippen molar-refractivity contribution in [3.63, 3.8) is 0 Å². The monoisotopic (exact) mass is 234 g/mol. The molecule has 1 heterocycles. The second kappa shape index (κ2) is 4.86. The molecule has 9 heteroatoms. The van der Waals surface area contributed by atoms with E-state index >= 15 is 0 Å². The number of hydrogen-bond donors (Lipinski definition) is 0. The Morgan fingerprint density at radius 2 is 2.06 bits per heavy atom. The zero-order chi connectivity index (χ0) is 12.2. The van der Waals surface area contributed by atoms with Gasteiger partial charge in [-0.1, -0.05) is 6.58 Å². The molecule has 1 saturated heterocycles. The van der Waals surface area contributed by atoms with Crippen LogP contribution in [-0.2, 0) is 14.2 Å². The van der Waals surface area contributed by atoms with Gasteiger partial charge in [0.2, 0.25) is 6.10 Å². The van der Waals surface area contributed by atoms with Gasteiger partial charge in [0.1, 0.15) is 9.85 Å². The maximum atomic E-state index is 10.8. The predicted octanol–water partition coefficient (Wildman–Crippen LogP) is -0.231. The van der Waals surface area contributed by atoms with Crippen molar-refractivity contribution >= 4 is 0 Å². The summed E-state index contributed by atoms with van der Waals surface area (Å²) in [5, 5.41) is 21.5. The van der Waals surface area contributed by atoms with Crippen LogP contribution in [0.1, 0.15) is 0 Å². The molecule has 1 atom stereocenters. The molecule has 0 N–H and O–H groups in total. The van der Waals surface area contributed by atoms with Crippen molar-refractivity contribution in [3.05, 3.63) is 33.1 Å². The number of ether oxygens (including phenoxy) is 3. The van der Waals surface area contributed by atoms with Gasteiger partial charge in [-0.2, -0.15) is 0 Å². The average Bonchev–Trinajstić information content (AvgIpc) is 3.01. The van der Waals surface area contributed by atoms with Crippen LogP contribution in [0.4, 0.5) is 0 Å². The Morgan fingerprint density at radius 1 is 1.50 bits per heavy atom. The maximum absolute atomic E-state index is 10.8. The van der Waals surface area contributed by atoms with Crippen molar-refractivity contribution in [3.8, 4) is 0 Å². The van der Waals surface area contributed by atoms with Gasteiger partial charge in [-0.25, -0.2) is 0 Å². The molecule has 90 valence electrons. The summed E-state index contributed by atoms with van der Waals surface area (Å²) in [5.41, 5.74) is -2.45. The first-order chi connectivity index (χ1) is 7.55. The Morgan fingerprint density at radius 3 is 2.44 bits per heavy atom. The Hall–Kier alpha value is -1.74. The molecule has 16 heavy (non-hydrogen) atoms. The summed E-state index contributed by atoms with van der Waals surface area (Å²) < 4.78 is 13.9. The van der Waals surface area contributed by atoms with E-state index in [1.54, 1.807) is 0 Å². The van der Waals surface area contributed by atoms with E-state index in [1.807, 2.05) is 0 Å². The van der Waals surface area contributed by atoms with Gasteiger partial charge in [-0.15, -0.1) is 0 Å². The minimum atomic E-state index is -2.45. The molecule has 1 aliphatic rings. The molecule has 1 unspecified atom stereocenters. The third-order valence-corrected chi connectivity index (χ3v) is 2.07. The zero-order valence-corrected chi connectivity index (χ0v) is 8.24. The predicted molar refractivity (Wildman–Crippen MR) is 48.6 cm³/mol. The lowest BCUT2D eigenvalue weighted by Crippen LogP contribution is -2.55. The Labute approximate surface area is 89.9 Å². The van der Waals surface area contributed by atoms with Crippen LogP contribution < -0.4 is 0 Å². The second-order valence-corrected chi connectivity index (χ2v) is 3.01. The van der Waals surface area contributed by atoms with Crippen LogP contribution >= 0.6 is 0 Å². The molecule has 1 aliphatic heterocycles. The Balaban J connectivity index is 2.65.